The molecule has 0 N–H and O–H groups in total. The molecule has 138 valence electrons. The average Bonchev–Trinajstić information content (AvgIpc) is 3.34. The summed E-state index contributed by atoms with van der Waals surface area (Å²) in [6, 6.07) is 34.5. The van der Waals surface area contributed by atoms with E-state index in [2.05, 4.69) is 102 Å². The highest BCUT2D eigenvalue weighted by Gasteiger charge is 2.35. The molecule has 2 heterocycles. The normalized spacial score (nSPS) is 14.6. The monoisotopic (exact) mass is 407 g/mol. The smallest absolute Gasteiger partial charge is 0.100 e. The fourth-order valence-corrected chi connectivity index (χ4v) is 9.11. The van der Waals surface area contributed by atoms with E-state index in [1.54, 1.807) is 11.3 Å². The lowest BCUT2D eigenvalue weighted by molar-refractivity contribution is 1.55. The minimum atomic E-state index is -2.25. The van der Waals surface area contributed by atoms with Gasteiger partial charge in [-0.15, -0.1) is 0 Å². The van der Waals surface area contributed by atoms with Gasteiger partial charge in [-0.2, -0.15) is 16.6 Å². The summed E-state index contributed by atoms with van der Waals surface area (Å²) in [5.41, 5.74) is 3.54. The highest BCUT2D eigenvalue weighted by atomic mass is 32.1. The highest BCUT2D eigenvalue weighted by Crippen LogP contribution is 2.51. The molecule has 0 saturated heterocycles. The van der Waals surface area contributed by atoms with E-state index in [0.29, 0.717) is 0 Å². The second-order valence-corrected chi connectivity index (χ2v) is 11.0. The van der Waals surface area contributed by atoms with E-state index in [4.69, 9.17) is 0 Å². The van der Waals surface area contributed by atoms with Crippen LogP contribution >= 0.6 is 18.2 Å². The zero-order valence-electron chi connectivity index (χ0n) is 15.7. The molecule has 0 amide bonds. The predicted molar refractivity (Wildman–Crippen MR) is 127 cm³/mol. The molecule has 0 bridgehead atoms. The molecule has 3 heteroatoms. The summed E-state index contributed by atoms with van der Waals surface area (Å²) >= 11 is 1.69. The van der Waals surface area contributed by atoms with Gasteiger partial charge in [-0.3, -0.25) is 0 Å². The molecule has 0 aliphatic carbocycles. The van der Waals surface area contributed by atoms with Crippen molar-refractivity contribution in [3.05, 3.63) is 119 Å². The van der Waals surface area contributed by atoms with E-state index < -0.39 is 6.89 Å². The Hall–Kier alpha value is -3.11. The summed E-state index contributed by atoms with van der Waals surface area (Å²) in [5, 5.41) is 19.2. The maximum Gasteiger partial charge on any atom is 0.100 e. The van der Waals surface area contributed by atoms with Gasteiger partial charge in [-0.1, -0.05) is 84.9 Å². The topological polar surface area (TPSA) is 23.8 Å². The summed E-state index contributed by atoms with van der Waals surface area (Å²) in [7, 11) is 0. The Labute approximate surface area is 175 Å². The van der Waals surface area contributed by atoms with E-state index in [-0.39, 0.29) is 0 Å². The van der Waals surface area contributed by atoms with Gasteiger partial charge < -0.3 is 0 Å². The van der Waals surface area contributed by atoms with Crippen LogP contribution in [0, 0.1) is 11.3 Å². The van der Waals surface area contributed by atoms with Crippen LogP contribution in [0.1, 0.15) is 11.1 Å². The largest absolute Gasteiger partial charge is 0.192 e. The molecule has 0 fully saturated rings. The van der Waals surface area contributed by atoms with Gasteiger partial charge >= 0.3 is 0 Å². The third kappa shape index (κ3) is 2.75. The highest BCUT2D eigenvalue weighted by molar-refractivity contribution is 7.96. The summed E-state index contributed by atoms with van der Waals surface area (Å²) < 4.78 is 0. The zero-order valence-corrected chi connectivity index (χ0v) is 17.4. The minimum absolute atomic E-state index is 0.856. The molecule has 0 saturated carbocycles. The molecule has 1 aliphatic heterocycles. The number of thiophene rings is 1. The van der Waals surface area contributed by atoms with Crippen molar-refractivity contribution in [2.75, 3.05) is 0 Å². The maximum absolute atomic E-state index is 10.4. The molecule has 0 radical (unpaired) electrons. The van der Waals surface area contributed by atoms with Crippen molar-refractivity contribution in [2.45, 2.75) is 0 Å². The molecule has 3 aromatic carbocycles. The number of hydrogen-bond acceptors (Lipinski definition) is 2. The average molecular weight is 407 g/mol. The van der Waals surface area contributed by atoms with Gasteiger partial charge in [0.1, 0.15) is 6.07 Å². The molecule has 5 rings (SSSR count). The van der Waals surface area contributed by atoms with Gasteiger partial charge in [-0.25, -0.2) is 0 Å². The number of benzene rings is 3. The molecule has 1 nitrogen and oxygen atoms in total. The maximum atomic E-state index is 10.4. The van der Waals surface area contributed by atoms with Gasteiger partial charge in [0.05, 0.1) is 5.29 Å². The molecule has 0 atom stereocenters. The Bertz CT molecular complexity index is 1250. The van der Waals surface area contributed by atoms with Crippen molar-refractivity contribution in [1.29, 1.82) is 5.26 Å². The number of fused-ring (bicyclic) bond motifs is 1. The summed E-state index contributed by atoms with van der Waals surface area (Å²) in [6.45, 7) is -2.25. The minimum Gasteiger partial charge on any atom is -0.192 e. The van der Waals surface area contributed by atoms with Crippen LogP contribution in [0.4, 0.5) is 0 Å². The second-order valence-electron chi connectivity index (χ2n) is 6.93. The lowest BCUT2D eigenvalue weighted by Gasteiger charge is -2.34. The first-order chi connectivity index (χ1) is 14.4. The summed E-state index contributed by atoms with van der Waals surface area (Å²) in [6.07, 6.45) is 2.14. The van der Waals surface area contributed by atoms with Crippen molar-refractivity contribution < 1.29 is 0 Å². The SMILES string of the molecule is N#CC1=P(c2ccccc2)(c2ccccc2)c2ccccc2C(c2ccsc2)=C1. The van der Waals surface area contributed by atoms with Gasteiger partial charge in [0.15, 0.2) is 0 Å². The lowest BCUT2D eigenvalue weighted by Crippen LogP contribution is -2.33. The van der Waals surface area contributed by atoms with Crippen LogP contribution < -0.4 is 15.9 Å². The molecule has 0 unspecified atom stereocenters. The van der Waals surface area contributed by atoms with Gasteiger partial charge in [0.25, 0.3) is 0 Å². The fraction of sp³-hybridized carbons (Fsp3) is 0. The van der Waals surface area contributed by atoms with E-state index in [9.17, 15) is 5.26 Å². The predicted octanol–water partition coefficient (Wildman–Crippen LogP) is 5.18. The number of allylic oxidation sites excluding steroid dienone is 1. The van der Waals surface area contributed by atoms with Crippen molar-refractivity contribution in [2.24, 2.45) is 0 Å². The lowest BCUT2D eigenvalue weighted by atomic mass is 9.99. The Balaban J connectivity index is 2.01. The fourth-order valence-electron chi connectivity index (χ4n) is 4.21. The van der Waals surface area contributed by atoms with Crippen LogP contribution in [0.3, 0.4) is 0 Å². The third-order valence-corrected chi connectivity index (χ3v) is 10.3. The van der Waals surface area contributed by atoms with Gasteiger partial charge in [-0.05, 0) is 62.4 Å². The number of rotatable bonds is 3. The van der Waals surface area contributed by atoms with Crippen molar-refractivity contribution in [1.82, 2.24) is 0 Å². The van der Waals surface area contributed by atoms with Gasteiger partial charge in [0, 0.05) is 0 Å². The van der Waals surface area contributed by atoms with E-state index >= 15 is 0 Å². The first kappa shape index (κ1) is 18.0. The molecular formula is C26H18NPS. The van der Waals surface area contributed by atoms with E-state index in [1.165, 1.54) is 27.0 Å². The van der Waals surface area contributed by atoms with Crippen LogP contribution in [0.25, 0.3) is 5.57 Å². The second kappa shape index (κ2) is 7.37. The molecule has 29 heavy (non-hydrogen) atoms. The van der Waals surface area contributed by atoms with E-state index in [0.717, 1.165) is 10.9 Å². The van der Waals surface area contributed by atoms with Crippen LogP contribution in [0.15, 0.2) is 108 Å². The Morgan fingerprint density at radius 3 is 1.93 bits per heavy atom. The summed E-state index contributed by atoms with van der Waals surface area (Å²) in [4.78, 5) is 0. The van der Waals surface area contributed by atoms with Crippen molar-refractivity contribution in [3.8, 4) is 6.07 Å². The standard InChI is InChI=1S/C26H18NPS/c27-18-23-17-25(20-15-16-29-19-20)24-13-7-8-14-26(24)28(23,21-9-3-1-4-10-21)22-11-5-2-6-12-22/h1-17,19H. The first-order valence-corrected chi connectivity index (χ1v) is 12.2. The van der Waals surface area contributed by atoms with Crippen molar-refractivity contribution >= 4 is 45.0 Å². The molecule has 1 aromatic heterocycles. The van der Waals surface area contributed by atoms with Crippen LogP contribution in [0.2, 0.25) is 0 Å². The van der Waals surface area contributed by atoms with Crippen LogP contribution in [0.5, 0.6) is 0 Å². The Kier molecular flexibility index (Phi) is 4.57. The number of nitrogens with zero attached hydrogens (tertiary/aromatic N) is 1. The zero-order chi connectivity index (χ0) is 19.7. The molecular weight excluding hydrogens is 389 g/mol. The van der Waals surface area contributed by atoms with Gasteiger partial charge in [0.2, 0.25) is 0 Å². The third-order valence-electron chi connectivity index (χ3n) is 5.43. The van der Waals surface area contributed by atoms with E-state index in [1.807, 2.05) is 12.1 Å². The number of hydrogen-bond donors (Lipinski definition) is 0. The van der Waals surface area contributed by atoms with Crippen LogP contribution in [-0.2, 0) is 0 Å². The molecule has 1 aliphatic rings. The molecule has 0 spiro atoms. The molecule has 4 aromatic rings. The Morgan fingerprint density at radius 2 is 1.34 bits per heavy atom. The van der Waals surface area contributed by atoms with Crippen molar-refractivity contribution in [3.63, 3.8) is 0 Å². The number of nitriles is 1. The first-order valence-electron chi connectivity index (χ1n) is 9.48. The Morgan fingerprint density at radius 1 is 0.724 bits per heavy atom. The quantitative estimate of drug-likeness (QED) is 0.429. The van der Waals surface area contributed by atoms with Crippen LogP contribution in [-0.4, -0.2) is 5.29 Å². The summed E-state index contributed by atoms with van der Waals surface area (Å²) in [5.74, 6) is 0.